The molecule has 0 aliphatic rings. The van der Waals surface area contributed by atoms with E-state index in [2.05, 4.69) is 0 Å². The van der Waals surface area contributed by atoms with E-state index in [4.69, 9.17) is 4.74 Å². The van der Waals surface area contributed by atoms with E-state index in [1.807, 2.05) is 0 Å². The number of aliphatic hydroxyl groups is 1. The second kappa shape index (κ2) is 6.18. The topological polar surface area (TPSA) is 29.5 Å². The van der Waals surface area contributed by atoms with Crippen molar-refractivity contribution in [3.05, 3.63) is 65.2 Å². The summed E-state index contributed by atoms with van der Waals surface area (Å²) in [6, 6.07) is 11.8. The van der Waals surface area contributed by atoms with Crippen LogP contribution in [0.15, 0.2) is 48.5 Å². The van der Waals surface area contributed by atoms with E-state index in [-0.39, 0.29) is 6.42 Å². The van der Waals surface area contributed by atoms with Crippen molar-refractivity contribution in [1.29, 1.82) is 0 Å². The van der Waals surface area contributed by atoms with Gasteiger partial charge in [0.2, 0.25) is 0 Å². The van der Waals surface area contributed by atoms with Crippen molar-refractivity contribution < 1.29 is 23.0 Å². The predicted octanol–water partition coefficient (Wildman–Crippen LogP) is 3.99. The van der Waals surface area contributed by atoms with Crippen LogP contribution in [-0.2, 0) is 12.6 Å². The van der Waals surface area contributed by atoms with Crippen molar-refractivity contribution in [2.75, 3.05) is 7.11 Å². The Balaban J connectivity index is 2.10. The zero-order valence-electron chi connectivity index (χ0n) is 11.4. The van der Waals surface area contributed by atoms with Gasteiger partial charge >= 0.3 is 6.18 Å². The van der Waals surface area contributed by atoms with Crippen LogP contribution in [0.3, 0.4) is 0 Å². The molecule has 0 bridgehead atoms. The van der Waals surface area contributed by atoms with Crippen molar-refractivity contribution in [2.24, 2.45) is 0 Å². The Kier molecular flexibility index (Phi) is 4.53. The summed E-state index contributed by atoms with van der Waals surface area (Å²) in [5.74, 6) is 0.624. The van der Waals surface area contributed by atoms with Crippen LogP contribution in [0.5, 0.6) is 5.75 Å². The highest BCUT2D eigenvalue weighted by atomic mass is 19.4. The molecule has 5 heteroatoms. The number of ether oxygens (including phenoxy) is 1. The first-order chi connectivity index (χ1) is 9.90. The molecule has 0 aliphatic carbocycles. The molecule has 21 heavy (non-hydrogen) atoms. The van der Waals surface area contributed by atoms with E-state index in [1.165, 1.54) is 19.2 Å². The van der Waals surface area contributed by atoms with Crippen molar-refractivity contribution in [2.45, 2.75) is 18.7 Å². The van der Waals surface area contributed by atoms with Gasteiger partial charge in [0.1, 0.15) is 5.75 Å². The summed E-state index contributed by atoms with van der Waals surface area (Å²) in [7, 11) is 1.53. The van der Waals surface area contributed by atoms with Gasteiger partial charge in [-0.25, -0.2) is 0 Å². The number of halogens is 3. The number of methoxy groups -OCH3 is 1. The van der Waals surface area contributed by atoms with Gasteiger partial charge in [0, 0.05) is 6.42 Å². The van der Waals surface area contributed by atoms with Crippen LogP contribution in [0.4, 0.5) is 13.2 Å². The average molecular weight is 296 g/mol. The van der Waals surface area contributed by atoms with Crippen LogP contribution < -0.4 is 4.74 Å². The van der Waals surface area contributed by atoms with Gasteiger partial charge in [-0.15, -0.1) is 0 Å². The Hall–Kier alpha value is -2.01. The largest absolute Gasteiger partial charge is 0.497 e. The zero-order chi connectivity index (χ0) is 15.5. The first-order valence-corrected chi connectivity index (χ1v) is 6.38. The second-order valence-electron chi connectivity index (χ2n) is 4.69. The number of hydrogen-bond acceptors (Lipinski definition) is 2. The molecule has 2 rings (SSSR count). The zero-order valence-corrected chi connectivity index (χ0v) is 11.4. The molecular weight excluding hydrogens is 281 g/mol. The summed E-state index contributed by atoms with van der Waals surface area (Å²) in [4.78, 5) is 0. The molecule has 0 spiro atoms. The molecular formula is C16H15F3O2. The van der Waals surface area contributed by atoms with E-state index >= 15 is 0 Å². The lowest BCUT2D eigenvalue weighted by molar-refractivity contribution is -0.137. The van der Waals surface area contributed by atoms with E-state index in [0.717, 1.165) is 12.1 Å². The van der Waals surface area contributed by atoms with Crippen LogP contribution in [0.1, 0.15) is 22.8 Å². The van der Waals surface area contributed by atoms with Gasteiger partial charge < -0.3 is 9.84 Å². The number of alkyl halides is 3. The first kappa shape index (κ1) is 15.4. The SMILES string of the molecule is COc1cccc(C(O)Cc2ccc(C(F)(F)F)cc2)c1. The second-order valence-corrected chi connectivity index (χ2v) is 4.69. The maximum Gasteiger partial charge on any atom is 0.416 e. The first-order valence-electron chi connectivity index (χ1n) is 6.38. The van der Waals surface area contributed by atoms with Gasteiger partial charge in [0.05, 0.1) is 18.8 Å². The molecule has 0 aromatic heterocycles. The van der Waals surface area contributed by atoms with Crippen molar-refractivity contribution in [3.8, 4) is 5.75 Å². The molecule has 1 atom stereocenters. The maximum absolute atomic E-state index is 12.5. The summed E-state index contributed by atoms with van der Waals surface area (Å²) in [5.41, 5.74) is 0.606. The number of aliphatic hydroxyl groups excluding tert-OH is 1. The minimum Gasteiger partial charge on any atom is -0.497 e. The summed E-state index contributed by atoms with van der Waals surface area (Å²) in [5, 5.41) is 10.1. The van der Waals surface area contributed by atoms with Crippen LogP contribution >= 0.6 is 0 Å². The molecule has 0 heterocycles. The number of hydrogen-bond donors (Lipinski definition) is 1. The summed E-state index contributed by atoms with van der Waals surface area (Å²) in [6.07, 6.45) is -4.90. The Morgan fingerprint density at radius 1 is 1.10 bits per heavy atom. The molecule has 0 radical (unpaired) electrons. The fourth-order valence-corrected chi connectivity index (χ4v) is 2.02. The third-order valence-corrected chi connectivity index (χ3v) is 3.19. The van der Waals surface area contributed by atoms with Crippen LogP contribution in [0.2, 0.25) is 0 Å². The van der Waals surface area contributed by atoms with Gasteiger partial charge in [-0.3, -0.25) is 0 Å². The predicted molar refractivity (Wildman–Crippen MR) is 73.1 cm³/mol. The van der Waals surface area contributed by atoms with Crippen LogP contribution in [-0.4, -0.2) is 12.2 Å². The molecule has 1 N–H and O–H groups in total. The lowest BCUT2D eigenvalue weighted by Crippen LogP contribution is -2.06. The standard InChI is InChI=1S/C16H15F3O2/c1-21-14-4-2-3-12(10-14)15(20)9-11-5-7-13(8-6-11)16(17,18)19/h2-8,10,15,20H,9H2,1H3. The highest BCUT2D eigenvalue weighted by Gasteiger charge is 2.29. The van der Waals surface area contributed by atoms with Gasteiger partial charge in [-0.1, -0.05) is 24.3 Å². The summed E-state index contributed by atoms with van der Waals surface area (Å²) in [6.45, 7) is 0. The van der Waals surface area contributed by atoms with Gasteiger partial charge in [0.25, 0.3) is 0 Å². The van der Waals surface area contributed by atoms with E-state index in [0.29, 0.717) is 16.9 Å². The van der Waals surface area contributed by atoms with Gasteiger partial charge in [0.15, 0.2) is 0 Å². The molecule has 0 saturated heterocycles. The molecule has 2 nitrogen and oxygen atoms in total. The highest BCUT2D eigenvalue weighted by molar-refractivity contribution is 5.31. The normalized spacial score (nSPS) is 13.0. The van der Waals surface area contributed by atoms with Gasteiger partial charge in [-0.2, -0.15) is 13.2 Å². The fraction of sp³-hybridized carbons (Fsp3) is 0.250. The van der Waals surface area contributed by atoms with E-state index in [9.17, 15) is 18.3 Å². The number of benzene rings is 2. The van der Waals surface area contributed by atoms with Crippen molar-refractivity contribution in [3.63, 3.8) is 0 Å². The molecule has 0 amide bonds. The lowest BCUT2D eigenvalue weighted by Gasteiger charge is -2.13. The molecule has 0 fully saturated rings. The van der Waals surface area contributed by atoms with E-state index in [1.54, 1.807) is 24.3 Å². The average Bonchev–Trinajstić information content (AvgIpc) is 2.47. The Morgan fingerprint density at radius 3 is 2.33 bits per heavy atom. The van der Waals surface area contributed by atoms with Crippen molar-refractivity contribution >= 4 is 0 Å². The molecule has 2 aromatic carbocycles. The fourth-order valence-electron chi connectivity index (χ4n) is 2.02. The molecule has 0 saturated carbocycles. The third-order valence-electron chi connectivity index (χ3n) is 3.19. The summed E-state index contributed by atoms with van der Waals surface area (Å²) >= 11 is 0. The van der Waals surface area contributed by atoms with E-state index < -0.39 is 17.8 Å². The maximum atomic E-state index is 12.5. The minimum atomic E-state index is -4.34. The quantitative estimate of drug-likeness (QED) is 0.924. The Morgan fingerprint density at radius 2 is 1.76 bits per heavy atom. The molecule has 0 aliphatic heterocycles. The Labute approximate surface area is 120 Å². The lowest BCUT2D eigenvalue weighted by atomic mass is 10.0. The van der Waals surface area contributed by atoms with Gasteiger partial charge in [-0.05, 0) is 35.4 Å². The van der Waals surface area contributed by atoms with Crippen LogP contribution in [0.25, 0.3) is 0 Å². The minimum absolute atomic E-state index is 0.241. The third kappa shape index (κ3) is 3.98. The van der Waals surface area contributed by atoms with Crippen LogP contribution in [0, 0.1) is 0 Å². The highest BCUT2D eigenvalue weighted by Crippen LogP contribution is 2.30. The number of rotatable bonds is 4. The monoisotopic (exact) mass is 296 g/mol. The molecule has 1 unspecified atom stereocenters. The molecule has 112 valence electrons. The smallest absolute Gasteiger partial charge is 0.416 e. The Bertz CT molecular complexity index is 591. The summed E-state index contributed by atoms with van der Waals surface area (Å²) < 4.78 is 42.5. The molecule has 2 aromatic rings. The van der Waals surface area contributed by atoms with Crippen molar-refractivity contribution in [1.82, 2.24) is 0 Å².